The van der Waals surface area contributed by atoms with Gasteiger partial charge >= 0.3 is 0 Å². The lowest BCUT2D eigenvalue weighted by Crippen LogP contribution is -1.82. The van der Waals surface area contributed by atoms with Crippen molar-refractivity contribution in [1.29, 1.82) is 0 Å². The molecule has 2 aromatic heterocycles. The molecule has 0 fully saturated rings. The predicted molar refractivity (Wildman–Crippen MR) is 72.3 cm³/mol. The first-order valence-corrected chi connectivity index (χ1v) is 6.26. The summed E-state index contributed by atoms with van der Waals surface area (Å²) < 4.78 is 6.11. The van der Waals surface area contributed by atoms with E-state index in [-0.39, 0.29) is 5.75 Å². The molecule has 94 valence electrons. The average Bonchev–Trinajstić information content (AvgIpc) is 2.88. The molecule has 5 nitrogen and oxygen atoms in total. The van der Waals surface area contributed by atoms with Gasteiger partial charge in [0.1, 0.15) is 5.75 Å². The van der Waals surface area contributed by atoms with Gasteiger partial charge in [-0.15, -0.1) is 0 Å². The molecule has 0 atom stereocenters. The summed E-state index contributed by atoms with van der Waals surface area (Å²) in [6, 6.07) is 9.12. The van der Waals surface area contributed by atoms with Crippen LogP contribution in [-0.2, 0) is 0 Å². The zero-order valence-corrected chi connectivity index (χ0v) is 11.2. The smallest absolute Gasteiger partial charge is 0.259 e. The maximum atomic E-state index is 9.38. The van der Waals surface area contributed by atoms with Crippen molar-refractivity contribution in [2.45, 2.75) is 0 Å². The lowest BCUT2D eigenvalue weighted by atomic mass is 10.2. The minimum atomic E-state index is 0.0553. The molecular formula is C13H8BrN3O2. The van der Waals surface area contributed by atoms with E-state index >= 15 is 0 Å². The molecule has 0 saturated heterocycles. The summed E-state index contributed by atoms with van der Waals surface area (Å²) in [5.41, 5.74) is 1.42. The van der Waals surface area contributed by atoms with Gasteiger partial charge in [0, 0.05) is 16.2 Å². The lowest BCUT2D eigenvalue weighted by Gasteiger charge is -1.95. The largest absolute Gasteiger partial charge is 0.506 e. The molecule has 0 spiro atoms. The van der Waals surface area contributed by atoms with Gasteiger partial charge in [-0.25, -0.2) is 0 Å². The molecule has 0 aliphatic rings. The van der Waals surface area contributed by atoms with Crippen molar-refractivity contribution in [3.63, 3.8) is 0 Å². The highest BCUT2D eigenvalue weighted by Crippen LogP contribution is 2.25. The van der Waals surface area contributed by atoms with Gasteiger partial charge < -0.3 is 9.63 Å². The standard InChI is InChI=1S/C13H8BrN3O2/c14-10-3-1-2-8(4-10)12-16-13(19-17-12)9-5-11(18)7-15-6-9/h1-7,18H. The summed E-state index contributed by atoms with van der Waals surface area (Å²) in [4.78, 5) is 8.15. The first-order chi connectivity index (χ1) is 9.22. The van der Waals surface area contributed by atoms with Gasteiger partial charge in [0.2, 0.25) is 5.82 Å². The van der Waals surface area contributed by atoms with Crippen LogP contribution >= 0.6 is 15.9 Å². The minimum absolute atomic E-state index is 0.0553. The normalized spacial score (nSPS) is 10.6. The number of aromatic nitrogens is 3. The molecule has 0 saturated carbocycles. The van der Waals surface area contributed by atoms with E-state index in [2.05, 4.69) is 31.1 Å². The van der Waals surface area contributed by atoms with E-state index in [0.717, 1.165) is 10.0 Å². The Bertz CT molecular complexity index is 667. The van der Waals surface area contributed by atoms with E-state index in [9.17, 15) is 5.11 Å². The van der Waals surface area contributed by atoms with Crippen LogP contribution in [0.3, 0.4) is 0 Å². The van der Waals surface area contributed by atoms with Crippen molar-refractivity contribution in [3.8, 4) is 28.6 Å². The molecule has 3 aromatic rings. The highest BCUT2D eigenvalue weighted by molar-refractivity contribution is 9.10. The van der Waals surface area contributed by atoms with Crippen LogP contribution < -0.4 is 0 Å². The fourth-order valence-corrected chi connectivity index (χ4v) is 2.03. The molecule has 19 heavy (non-hydrogen) atoms. The van der Waals surface area contributed by atoms with Crippen LogP contribution in [0.25, 0.3) is 22.8 Å². The molecule has 3 rings (SSSR count). The summed E-state index contributed by atoms with van der Waals surface area (Å²) >= 11 is 3.39. The van der Waals surface area contributed by atoms with E-state index in [4.69, 9.17) is 4.52 Å². The minimum Gasteiger partial charge on any atom is -0.506 e. The maximum Gasteiger partial charge on any atom is 0.259 e. The van der Waals surface area contributed by atoms with Gasteiger partial charge in [0.15, 0.2) is 0 Å². The molecule has 2 heterocycles. The Kier molecular flexibility index (Phi) is 3.00. The topological polar surface area (TPSA) is 72.0 Å². The number of rotatable bonds is 2. The molecule has 0 bridgehead atoms. The number of hydrogen-bond donors (Lipinski definition) is 1. The van der Waals surface area contributed by atoms with Gasteiger partial charge in [0.05, 0.1) is 11.8 Å². The Morgan fingerprint density at radius 1 is 1.11 bits per heavy atom. The Labute approximate surface area is 117 Å². The second-order valence-corrected chi connectivity index (χ2v) is 4.78. The third kappa shape index (κ3) is 2.48. The number of benzene rings is 1. The van der Waals surface area contributed by atoms with E-state index in [1.165, 1.54) is 12.3 Å². The molecule has 1 N–H and O–H groups in total. The quantitative estimate of drug-likeness (QED) is 0.785. The first kappa shape index (κ1) is 11.9. The number of nitrogens with zero attached hydrogens (tertiary/aromatic N) is 3. The van der Waals surface area contributed by atoms with Gasteiger partial charge in [-0.1, -0.05) is 33.2 Å². The molecule has 0 radical (unpaired) electrons. The fraction of sp³-hybridized carbons (Fsp3) is 0. The summed E-state index contributed by atoms with van der Waals surface area (Å²) in [6.45, 7) is 0. The summed E-state index contributed by atoms with van der Waals surface area (Å²) in [7, 11) is 0. The number of hydrogen-bond acceptors (Lipinski definition) is 5. The van der Waals surface area contributed by atoms with E-state index in [1.54, 1.807) is 6.20 Å². The van der Waals surface area contributed by atoms with Crippen LogP contribution in [0.1, 0.15) is 0 Å². The Hall–Kier alpha value is -2.21. The molecule has 6 heteroatoms. The van der Waals surface area contributed by atoms with Crippen LogP contribution in [-0.4, -0.2) is 20.2 Å². The highest BCUT2D eigenvalue weighted by atomic mass is 79.9. The Balaban J connectivity index is 2.00. The number of aromatic hydroxyl groups is 1. The van der Waals surface area contributed by atoms with Crippen LogP contribution in [0.15, 0.2) is 51.7 Å². The van der Waals surface area contributed by atoms with Gasteiger partial charge in [-0.05, 0) is 18.2 Å². The molecule has 0 amide bonds. The Morgan fingerprint density at radius 2 is 2.00 bits per heavy atom. The van der Waals surface area contributed by atoms with Crippen LogP contribution in [0.5, 0.6) is 5.75 Å². The monoisotopic (exact) mass is 317 g/mol. The van der Waals surface area contributed by atoms with Gasteiger partial charge in [0.25, 0.3) is 5.89 Å². The van der Waals surface area contributed by atoms with Gasteiger partial charge in [-0.3, -0.25) is 4.98 Å². The van der Waals surface area contributed by atoms with Crippen LogP contribution in [0.4, 0.5) is 0 Å². The van der Waals surface area contributed by atoms with Crippen LogP contribution in [0.2, 0.25) is 0 Å². The third-order valence-corrected chi connectivity index (χ3v) is 2.97. The first-order valence-electron chi connectivity index (χ1n) is 5.46. The molecule has 1 aromatic carbocycles. The number of halogens is 1. The molecule has 0 aliphatic carbocycles. The van der Waals surface area contributed by atoms with Gasteiger partial charge in [-0.2, -0.15) is 4.98 Å². The van der Waals surface area contributed by atoms with E-state index in [0.29, 0.717) is 17.3 Å². The lowest BCUT2D eigenvalue weighted by molar-refractivity contribution is 0.431. The molecule has 0 aliphatic heterocycles. The molecule has 0 unspecified atom stereocenters. The van der Waals surface area contributed by atoms with Crippen molar-refractivity contribution in [2.24, 2.45) is 0 Å². The third-order valence-electron chi connectivity index (χ3n) is 2.48. The van der Waals surface area contributed by atoms with Crippen LogP contribution in [0, 0.1) is 0 Å². The van der Waals surface area contributed by atoms with E-state index in [1.807, 2.05) is 24.3 Å². The SMILES string of the molecule is Oc1cncc(-c2nc(-c3cccc(Br)c3)no2)c1. The maximum absolute atomic E-state index is 9.38. The zero-order chi connectivity index (χ0) is 13.2. The summed E-state index contributed by atoms with van der Waals surface area (Å²) in [6.07, 6.45) is 2.90. The molecular weight excluding hydrogens is 310 g/mol. The second-order valence-electron chi connectivity index (χ2n) is 3.87. The summed E-state index contributed by atoms with van der Waals surface area (Å²) in [5.74, 6) is 0.859. The fourth-order valence-electron chi connectivity index (χ4n) is 1.63. The van der Waals surface area contributed by atoms with E-state index < -0.39 is 0 Å². The van der Waals surface area contributed by atoms with Crippen molar-refractivity contribution < 1.29 is 9.63 Å². The number of pyridine rings is 1. The van der Waals surface area contributed by atoms with Crippen molar-refractivity contribution >= 4 is 15.9 Å². The van der Waals surface area contributed by atoms with Crippen molar-refractivity contribution in [2.75, 3.05) is 0 Å². The second kappa shape index (κ2) is 4.81. The highest BCUT2D eigenvalue weighted by Gasteiger charge is 2.11. The van der Waals surface area contributed by atoms with Crippen molar-refractivity contribution in [1.82, 2.24) is 15.1 Å². The zero-order valence-electron chi connectivity index (χ0n) is 9.62. The van der Waals surface area contributed by atoms with Crippen molar-refractivity contribution in [3.05, 3.63) is 47.2 Å². The Morgan fingerprint density at radius 3 is 2.79 bits per heavy atom. The predicted octanol–water partition coefficient (Wildman–Crippen LogP) is 3.27. The summed E-state index contributed by atoms with van der Waals surface area (Å²) in [5, 5.41) is 13.3. The average molecular weight is 318 g/mol.